The molecule has 2 aromatic rings. The number of imidazole rings is 1. The molecule has 1 aromatic heterocycles. The minimum absolute atomic E-state index is 0.261. The summed E-state index contributed by atoms with van der Waals surface area (Å²) in [5.74, 6) is 2.15. The highest BCUT2D eigenvalue weighted by molar-refractivity contribution is 7.89. The second-order valence-electron chi connectivity index (χ2n) is 8.35. The highest BCUT2D eigenvalue weighted by atomic mass is 32.2. The van der Waals surface area contributed by atoms with Gasteiger partial charge in [-0.25, -0.2) is 18.1 Å². The van der Waals surface area contributed by atoms with Crippen molar-refractivity contribution in [3.63, 3.8) is 0 Å². The Balaban J connectivity index is 1.67. The van der Waals surface area contributed by atoms with Crippen LogP contribution in [0.2, 0.25) is 0 Å². The van der Waals surface area contributed by atoms with E-state index in [4.69, 9.17) is 9.73 Å². The summed E-state index contributed by atoms with van der Waals surface area (Å²) in [5.41, 5.74) is 6.00. The first-order valence-corrected chi connectivity index (χ1v) is 13.2. The second-order valence-corrected chi connectivity index (χ2v) is 10.3. The number of rotatable bonds is 8. The van der Waals surface area contributed by atoms with E-state index < -0.39 is 10.0 Å². The molecule has 2 aliphatic heterocycles. The topological polar surface area (TPSA) is 92.1 Å². The molecule has 0 spiro atoms. The number of hydrogen-bond donors (Lipinski definition) is 1. The molecule has 1 N–H and O–H groups in total. The third kappa shape index (κ3) is 4.64. The molecule has 1 fully saturated rings. The van der Waals surface area contributed by atoms with Gasteiger partial charge in [-0.1, -0.05) is 13.8 Å². The summed E-state index contributed by atoms with van der Waals surface area (Å²) in [4.78, 5) is 11.9. The number of aromatic nitrogens is 2. The molecule has 33 heavy (non-hydrogen) atoms. The molecule has 0 aliphatic carbocycles. The largest absolute Gasteiger partial charge is 0.493 e. The Morgan fingerprint density at radius 1 is 1.12 bits per heavy atom. The number of aliphatic imine (C=N–C) groups is 1. The van der Waals surface area contributed by atoms with Crippen LogP contribution in [0.5, 0.6) is 5.75 Å². The van der Waals surface area contributed by atoms with E-state index in [2.05, 4.69) is 29.2 Å². The number of nitrogens with one attached hydrogen (secondary N) is 1. The Bertz CT molecular complexity index is 1130. The van der Waals surface area contributed by atoms with Crippen LogP contribution in [0.4, 0.5) is 0 Å². The number of sulfonamides is 1. The third-order valence-corrected chi connectivity index (χ3v) is 8.14. The number of piperazine rings is 1. The summed E-state index contributed by atoms with van der Waals surface area (Å²) in [6, 6.07) is 5.06. The molecule has 10 heteroatoms. The minimum Gasteiger partial charge on any atom is -0.493 e. The number of aryl methyl sites for hydroxylation is 2. The van der Waals surface area contributed by atoms with E-state index in [-0.39, 0.29) is 4.90 Å². The van der Waals surface area contributed by atoms with Crippen molar-refractivity contribution in [1.29, 1.82) is 0 Å². The summed E-state index contributed by atoms with van der Waals surface area (Å²) in [6.07, 6.45) is 1.82. The lowest BCUT2D eigenvalue weighted by molar-refractivity contribution is 0.196. The van der Waals surface area contributed by atoms with Gasteiger partial charge in [-0.15, -0.1) is 0 Å². The van der Waals surface area contributed by atoms with Gasteiger partial charge in [0, 0.05) is 32.6 Å². The van der Waals surface area contributed by atoms with Gasteiger partial charge in [0.15, 0.2) is 5.84 Å². The van der Waals surface area contributed by atoms with Crippen LogP contribution < -0.4 is 10.2 Å². The maximum Gasteiger partial charge on any atom is 0.243 e. The van der Waals surface area contributed by atoms with Crippen molar-refractivity contribution in [1.82, 2.24) is 18.9 Å². The fourth-order valence-corrected chi connectivity index (χ4v) is 5.79. The van der Waals surface area contributed by atoms with E-state index in [0.717, 1.165) is 49.7 Å². The average Bonchev–Trinajstić information content (AvgIpc) is 3.14. The molecular weight excluding hydrogens is 440 g/mol. The summed E-state index contributed by atoms with van der Waals surface area (Å²) in [5, 5.41) is 0. The molecule has 0 saturated carbocycles. The van der Waals surface area contributed by atoms with Crippen LogP contribution in [0, 0.1) is 6.92 Å². The molecule has 0 radical (unpaired) electrons. The molecule has 0 atom stereocenters. The highest BCUT2D eigenvalue weighted by Gasteiger charge is 2.30. The Morgan fingerprint density at radius 2 is 1.88 bits per heavy atom. The van der Waals surface area contributed by atoms with Gasteiger partial charge in [-0.05, 0) is 45.0 Å². The van der Waals surface area contributed by atoms with Gasteiger partial charge in [0.1, 0.15) is 11.6 Å². The number of ether oxygens (including phenoxy) is 1. The van der Waals surface area contributed by atoms with Crippen LogP contribution in [0.3, 0.4) is 0 Å². The fraction of sp³-hybridized carbons (Fsp3) is 0.565. The summed E-state index contributed by atoms with van der Waals surface area (Å²) < 4.78 is 36.2. The van der Waals surface area contributed by atoms with Crippen molar-refractivity contribution in [3.8, 4) is 5.75 Å². The standard InChI is InChI=1S/C23H34N6O3S/c1-5-8-22-25-17(4)20-16-24-23(26-29(20)22)19-15-18(9-10-21(19)32-7-3)33(30,31)28-13-11-27(6-2)12-14-28/h9-10,15H,5-8,11-14,16H2,1-4H3,(H,24,26). The zero-order chi connectivity index (χ0) is 23.6. The van der Waals surface area contributed by atoms with Crippen molar-refractivity contribution >= 4 is 15.9 Å². The number of nitrogens with zero attached hydrogens (tertiary/aromatic N) is 5. The van der Waals surface area contributed by atoms with E-state index in [1.807, 2.05) is 18.5 Å². The van der Waals surface area contributed by atoms with E-state index in [1.54, 1.807) is 22.5 Å². The van der Waals surface area contributed by atoms with Crippen molar-refractivity contribution < 1.29 is 13.2 Å². The van der Waals surface area contributed by atoms with Crippen LogP contribution in [-0.2, 0) is 23.0 Å². The molecule has 2 aliphatic rings. The second kappa shape index (κ2) is 9.82. The molecule has 180 valence electrons. The number of likely N-dealkylation sites (N-methyl/N-ethyl adjacent to an activating group) is 1. The highest BCUT2D eigenvalue weighted by Crippen LogP contribution is 2.28. The quantitative estimate of drug-likeness (QED) is 0.632. The van der Waals surface area contributed by atoms with Gasteiger partial charge in [0.2, 0.25) is 10.0 Å². The third-order valence-electron chi connectivity index (χ3n) is 6.24. The molecule has 9 nitrogen and oxygen atoms in total. The number of fused-ring (bicyclic) bond motifs is 1. The zero-order valence-corrected chi connectivity index (χ0v) is 20.8. The first-order chi connectivity index (χ1) is 15.9. The summed E-state index contributed by atoms with van der Waals surface area (Å²) in [7, 11) is -3.61. The average molecular weight is 475 g/mol. The van der Waals surface area contributed by atoms with Crippen LogP contribution in [-0.4, -0.2) is 72.4 Å². The Labute approximate surface area is 196 Å². The van der Waals surface area contributed by atoms with Crippen LogP contribution >= 0.6 is 0 Å². The van der Waals surface area contributed by atoms with Gasteiger partial charge >= 0.3 is 0 Å². The Morgan fingerprint density at radius 3 is 2.55 bits per heavy atom. The summed E-state index contributed by atoms with van der Waals surface area (Å²) in [6.45, 7) is 12.5. The van der Waals surface area contributed by atoms with Crippen molar-refractivity contribution in [2.24, 2.45) is 4.99 Å². The summed E-state index contributed by atoms with van der Waals surface area (Å²) >= 11 is 0. The first-order valence-electron chi connectivity index (χ1n) is 11.8. The number of benzene rings is 1. The zero-order valence-electron chi connectivity index (χ0n) is 20.0. The maximum atomic E-state index is 13.4. The molecule has 1 aromatic carbocycles. The molecule has 0 unspecified atom stereocenters. The van der Waals surface area contributed by atoms with E-state index in [1.165, 1.54) is 0 Å². The molecule has 1 saturated heterocycles. The monoisotopic (exact) mass is 474 g/mol. The maximum absolute atomic E-state index is 13.4. The molecule has 4 rings (SSSR count). The molecule has 3 heterocycles. The van der Waals surface area contributed by atoms with Gasteiger partial charge in [-0.2, -0.15) is 4.31 Å². The molecule has 0 amide bonds. The van der Waals surface area contributed by atoms with E-state index >= 15 is 0 Å². The van der Waals surface area contributed by atoms with Crippen LogP contribution in [0.1, 0.15) is 50.0 Å². The predicted molar refractivity (Wildman–Crippen MR) is 129 cm³/mol. The number of hydrogen-bond acceptors (Lipinski definition) is 7. The normalized spacial score (nSPS) is 17.4. The lowest BCUT2D eigenvalue weighted by Crippen LogP contribution is -2.48. The smallest absolute Gasteiger partial charge is 0.243 e. The van der Waals surface area contributed by atoms with Crippen molar-refractivity contribution in [2.75, 3.05) is 44.8 Å². The number of amidine groups is 1. The molecule has 0 bridgehead atoms. The molecular formula is C23H34N6O3S. The van der Waals surface area contributed by atoms with Gasteiger partial charge in [0.25, 0.3) is 0 Å². The van der Waals surface area contributed by atoms with Gasteiger partial charge < -0.3 is 9.64 Å². The van der Waals surface area contributed by atoms with Crippen molar-refractivity contribution in [3.05, 3.63) is 41.0 Å². The predicted octanol–water partition coefficient (Wildman–Crippen LogP) is 2.37. The van der Waals surface area contributed by atoms with Gasteiger partial charge in [-0.3, -0.25) is 10.4 Å². The Hall–Kier alpha value is -2.43. The SMILES string of the molecule is CCCc1nc(C)c2n1NC(c1cc(S(=O)(=O)N3CCN(CC)CC3)ccc1OCC)=NC2. The van der Waals surface area contributed by atoms with Gasteiger partial charge in [0.05, 0.1) is 35.0 Å². The minimum atomic E-state index is -3.61. The van der Waals surface area contributed by atoms with E-state index in [9.17, 15) is 8.42 Å². The van der Waals surface area contributed by atoms with Crippen molar-refractivity contribution in [2.45, 2.75) is 52.0 Å². The lowest BCUT2D eigenvalue weighted by Gasteiger charge is -2.33. The van der Waals surface area contributed by atoms with Crippen LogP contribution in [0.25, 0.3) is 0 Å². The fourth-order valence-electron chi connectivity index (χ4n) is 4.35. The van der Waals surface area contributed by atoms with Crippen LogP contribution in [0.15, 0.2) is 28.1 Å². The van der Waals surface area contributed by atoms with E-state index in [0.29, 0.717) is 43.4 Å². The Kier molecular flexibility index (Phi) is 7.06. The lowest BCUT2D eigenvalue weighted by atomic mass is 10.1. The first kappa shape index (κ1) is 23.7.